The number of carbonyl (C=O) groups excluding carboxylic acids is 2. The summed E-state index contributed by atoms with van der Waals surface area (Å²) in [5, 5.41) is 6.73. The zero-order valence-corrected chi connectivity index (χ0v) is 17.3. The van der Waals surface area contributed by atoms with Crippen LogP contribution >= 0.6 is 22.6 Å². The number of carbonyl (C=O) groups is 2. The molecule has 0 unspecified atom stereocenters. The lowest BCUT2D eigenvalue weighted by Gasteiger charge is -2.06. The van der Waals surface area contributed by atoms with Gasteiger partial charge in [-0.25, -0.2) is 4.79 Å². The normalized spacial score (nSPS) is 10.5. The molecule has 0 bridgehead atoms. The van der Waals surface area contributed by atoms with Crippen molar-refractivity contribution in [3.05, 3.63) is 63.6 Å². The number of nitrogens with one attached hydrogen (secondary N) is 1. The molecule has 0 fully saturated rings. The number of hydrogen-bond acceptors (Lipinski definition) is 6. The highest BCUT2D eigenvalue weighted by atomic mass is 127. The molecule has 0 aliphatic heterocycles. The van der Waals surface area contributed by atoms with Crippen LogP contribution in [0.15, 0.2) is 53.1 Å². The van der Waals surface area contributed by atoms with Gasteiger partial charge in [-0.1, -0.05) is 17.3 Å². The third-order valence-electron chi connectivity index (χ3n) is 3.82. The highest BCUT2D eigenvalue weighted by molar-refractivity contribution is 14.1. The van der Waals surface area contributed by atoms with E-state index in [9.17, 15) is 9.59 Å². The predicted octanol–water partition coefficient (Wildman–Crippen LogP) is 4.09. The van der Waals surface area contributed by atoms with E-state index in [0.29, 0.717) is 36.0 Å². The molecule has 0 saturated carbocycles. The molecule has 1 amide bonds. The minimum Gasteiger partial charge on any atom is -0.462 e. The van der Waals surface area contributed by atoms with Crippen molar-refractivity contribution in [3.63, 3.8) is 0 Å². The van der Waals surface area contributed by atoms with Crippen LogP contribution in [0.25, 0.3) is 11.4 Å². The standard InChI is InChI=1S/C20H18IN3O4/c1-2-27-20(26)14-5-9-16(10-6-14)22-17(25)11-12-18-23-19(24-28-18)13-3-7-15(21)8-4-13/h3-10H,2,11-12H2,1H3,(H,22,25). The van der Waals surface area contributed by atoms with Crippen molar-refractivity contribution in [1.82, 2.24) is 10.1 Å². The second-order valence-electron chi connectivity index (χ2n) is 5.86. The molecule has 144 valence electrons. The van der Waals surface area contributed by atoms with Crippen molar-refractivity contribution in [3.8, 4) is 11.4 Å². The summed E-state index contributed by atoms with van der Waals surface area (Å²) in [6, 6.07) is 14.3. The van der Waals surface area contributed by atoms with E-state index in [1.807, 2.05) is 24.3 Å². The monoisotopic (exact) mass is 491 g/mol. The lowest BCUT2D eigenvalue weighted by atomic mass is 10.2. The first-order valence-electron chi connectivity index (χ1n) is 8.70. The maximum atomic E-state index is 12.1. The summed E-state index contributed by atoms with van der Waals surface area (Å²) >= 11 is 2.23. The average molecular weight is 491 g/mol. The number of benzene rings is 2. The Morgan fingerprint density at radius 3 is 2.50 bits per heavy atom. The van der Waals surface area contributed by atoms with Crippen LogP contribution in [0.4, 0.5) is 5.69 Å². The Labute approximate surface area is 175 Å². The van der Waals surface area contributed by atoms with Crippen molar-refractivity contribution in [1.29, 1.82) is 0 Å². The van der Waals surface area contributed by atoms with Crippen LogP contribution in [0.3, 0.4) is 0 Å². The maximum Gasteiger partial charge on any atom is 0.338 e. The Bertz CT molecular complexity index is 952. The molecule has 0 saturated heterocycles. The van der Waals surface area contributed by atoms with Gasteiger partial charge in [0, 0.05) is 27.7 Å². The largest absolute Gasteiger partial charge is 0.462 e. The van der Waals surface area contributed by atoms with Crippen molar-refractivity contribution >= 4 is 40.2 Å². The van der Waals surface area contributed by atoms with Crippen molar-refractivity contribution in [2.24, 2.45) is 0 Å². The molecule has 8 heteroatoms. The Kier molecular flexibility index (Phi) is 6.75. The fraction of sp³-hybridized carbons (Fsp3) is 0.200. The van der Waals surface area contributed by atoms with E-state index in [2.05, 4.69) is 38.0 Å². The lowest BCUT2D eigenvalue weighted by Crippen LogP contribution is -2.12. The van der Waals surface area contributed by atoms with Gasteiger partial charge in [0.1, 0.15) is 0 Å². The number of halogens is 1. The summed E-state index contributed by atoms with van der Waals surface area (Å²) in [4.78, 5) is 28.1. The van der Waals surface area contributed by atoms with Gasteiger partial charge in [0.2, 0.25) is 17.6 Å². The minimum absolute atomic E-state index is 0.183. The summed E-state index contributed by atoms with van der Waals surface area (Å²) in [6.07, 6.45) is 0.540. The fourth-order valence-electron chi connectivity index (χ4n) is 2.42. The molecule has 0 aliphatic carbocycles. The third-order valence-corrected chi connectivity index (χ3v) is 4.54. The third kappa shape index (κ3) is 5.38. The summed E-state index contributed by atoms with van der Waals surface area (Å²) in [7, 11) is 0. The van der Waals surface area contributed by atoms with Crippen molar-refractivity contribution in [2.45, 2.75) is 19.8 Å². The Morgan fingerprint density at radius 1 is 1.11 bits per heavy atom. The van der Waals surface area contributed by atoms with E-state index in [-0.39, 0.29) is 18.3 Å². The Hall–Kier alpha value is -2.75. The highest BCUT2D eigenvalue weighted by Crippen LogP contribution is 2.18. The molecule has 3 aromatic rings. The molecular formula is C20H18IN3O4. The van der Waals surface area contributed by atoms with E-state index in [4.69, 9.17) is 9.26 Å². The average Bonchev–Trinajstić information content (AvgIpc) is 3.17. The van der Waals surface area contributed by atoms with Crippen molar-refractivity contribution < 1.29 is 18.8 Å². The first-order valence-corrected chi connectivity index (χ1v) is 9.78. The molecule has 1 N–H and O–H groups in total. The quantitative estimate of drug-likeness (QED) is 0.396. The molecule has 0 spiro atoms. The number of aromatic nitrogens is 2. The smallest absolute Gasteiger partial charge is 0.338 e. The molecular weight excluding hydrogens is 473 g/mol. The number of aryl methyl sites for hydroxylation is 1. The summed E-state index contributed by atoms with van der Waals surface area (Å²) < 4.78 is 11.3. The summed E-state index contributed by atoms with van der Waals surface area (Å²) in [5.41, 5.74) is 1.90. The van der Waals surface area contributed by atoms with Gasteiger partial charge in [-0.15, -0.1) is 0 Å². The van der Waals surface area contributed by atoms with Crippen LogP contribution in [0.1, 0.15) is 29.6 Å². The van der Waals surface area contributed by atoms with Crippen LogP contribution in [0.5, 0.6) is 0 Å². The van der Waals surface area contributed by atoms with E-state index in [0.717, 1.165) is 9.13 Å². The number of nitrogens with zero attached hydrogens (tertiary/aromatic N) is 2. The first kappa shape index (κ1) is 20.0. The van der Waals surface area contributed by atoms with E-state index < -0.39 is 0 Å². The number of anilines is 1. The minimum atomic E-state index is -0.388. The van der Waals surface area contributed by atoms with Crippen LogP contribution in [0, 0.1) is 3.57 Å². The van der Waals surface area contributed by atoms with Gasteiger partial charge < -0.3 is 14.6 Å². The molecule has 0 radical (unpaired) electrons. The molecule has 0 aliphatic rings. The molecule has 2 aromatic carbocycles. The summed E-state index contributed by atoms with van der Waals surface area (Å²) in [6.45, 7) is 2.07. The van der Waals surface area contributed by atoms with E-state index in [1.165, 1.54) is 0 Å². The number of amides is 1. The number of ether oxygens (including phenoxy) is 1. The molecule has 1 heterocycles. The molecule has 3 rings (SSSR count). The zero-order chi connectivity index (χ0) is 19.9. The lowest BCUT2D eigenvalue weighted by molar-refractivity contribution is -0.116. The van der Waals surface area contributed by atoms with Gasteiger partial charge in [0.25, 0.3) is 0 Å². The molecule has 7 nitrogen and oxygen atoms in total. The van der Waals surface area contributed by atoms with Crippen molar-refractivity contribution in [2.75, 3.05) is 11.9 Å². The van der Waals surface area contributed by atoms with Gasteiger partial charge >= 0.3 is 5.97 Å². The van der Waals surface area contributed by atoms with Gasteiger partial charge in [-0.3, -0.25) is 4.79 Å². The fourth-order valence-corrected chi connectivity index (χ4v) is 2.78. The molecule has 1 aromatic heterocycles. The van der Waals surface area contributed by atoms with Crippen LogP contribution in [-0.2, 0) is 16.0 Å². The Balaban J connectivity index is 1.52. The topological polar surface area (TPSA) is 94.3 Å². The van der Waals surface area contributed by atoms with Crippen LogP contribution in [0.2, 0.25) is 0 Å². The van der Waals surface area contributed by atoms with Crippen LogP contribution in [-0.4, -0.2) is 28.6 Å². The second-order valence-corrected chi connectivity index (χ2v) is 7.11. The van der Waals surface area contributed by atoms with Gasteiger partial charge in [0.15, 0.2) is 0 Å². The SMILES string of the molecule is CCOC(=O)c1ccc(NC(=O)CCc2nc(-c3ccc(I)cc3)no2)cc1. The molecule has 0 atom stereocenters. The number of esters is 1. The predicted molar refractivity (Wildman–Crippen MR) is 112 cm³/mol. The van der Waals surface area contributed by atoms with Gasteiger partial charge in [-0.2, -0.15) is 4.98 Å². The van der Waals surface area contributed by atoms with Crippen LogP contribution < -0.4 is 5.32 Å². The first-order chi connectivity index (χ1) is 13.5. The van der Waals surface area contributed by atoms with Gasteiger partial charge in [0.05, 0.1) is 12.2 Å². The number of rotatable bonds is 7. The van der Waals surface area contributed by atoms with E-state index >= 15 is 0 Å². The van der Waals surface area contributed by atoms with Gasteiger partial charge in [-0.05, 0) is 65.9 Å². The summed E-state index contributed by atoms with van der Waals surface area (Å²) in [5.74, 6) is 0.335. The molecule has 28 heavy (non-hydrogen) atoms. The maximum absolute atomic E-state index is 12.1. The Morgan fingerprint density at radius 2 is 1.82 bits per heavy atom. The second kappa shape index (κ2) is 9.45. The zero-order valence-electron chi connectivity index (χ0n) is 15.1. The highest BCUT2D eigenvalue weighted by Gasteiger charge is 2.11. The van der Waals surface area contributed by atoms with E-state index in [1.54, 1.807) is 31.2 Å². The number of hydrogen-bond donors (Lipinski definition) is 1.